The van der Waals surface area contributed by atoms with Gasteiger partial charge in [-0.1, -0.05) is 11.6 Å². The first-order valence-electron chi connectivity index (χ1n) is 5.90. The molecule has 0 radical (unpaired) electrons. The first-order valence-corrected chi connectivity index (χ1v) is 6.28. The van der Waals surface area contributed by atoms with Crippen LogP contribution < -0.4 is 0 Å². The number of hydrogen-bond donors (Lipinski definition) is 0. The fourth-order valence-corrected chi connectivity index (χ4v) is 1.92. The van der Waals surface area contributed by atoms with Crippen molar-refractivity contribution in [3.8, 4) is 0 Å². The predicted molar refractivity (Wildman–Crippen MR) is 73.5 cm³/mol. The van der Waals surface area contributed by atoms with E-state index in [1.54, 1.807) is 29.2 Å². The number of carbonyl (C=O) groups excluding carboxylic acids is 1. The minimum Gasteiger partial charge on any atom is -0.308 e. The molecule has 0 bridgehead atoms. The summed E-state index contributed by atoms with van der Waals surface area (Å²) in [7, 11) is 3.94. The summed E-state index contributed by atoms with van der Waals surface area (Å²) in [5.74, 6) is -0.136. The first kappa shape index (κ1) is 13.7. The molecule has 2 aromatic heterocycles. The SMILES string of the molecule is CN(C)CCn1ncc(Cl)c1C(=O)c1ccncc1. The molecule has 0 aromatic carbocycles. The number of hydrogen-bond acceptors (Lipinski definition) is 4. The van der Waals surface area contributed by atoms with Gasteiger partial charge in [-0.2, -0.15) is 5.10 Å². The first-order chi connectivity index (χ1) is 9.09. The van der Waals surface area contributed by atoms with Crippen LogP contribution in [0.5, 0.6) is 0 Å². The van der Waals surface area contributed by atoms with Crippen molar-refractivity contribution >= 4 is 17.4 Å². The van der Waals surface area contributed by atoms with Crippen LogP contribution in [0.4, 0.5) is 0 Å². The highest BCUT2D eigenvalue weighted by molar-refractivity contribution is 6.34. The van der Waals surface area contributed by atoms with Crippen molar-refractivity contribution in [1.29, 1.82) is 0 Å². The van der Waals surface area contributed by atoms with E-state index >= 15 is 0 Å². The van der Waals surface area contributed by atoms with Gasteiger partial charge in [0.05, 0.1) is 17.8 Å². The van der Waals surface area contributed by atoms with Crippen molar-refractivity contribution in [1.82, 2.24) is 19.7 Å². The van der Waals surface area contributed by atoms with E-state index in [-0.39, 0.29) is 5.78 Å². The topological polar surface area (TPSA) is 51.0 Å². The van der Waals surface area contributed by atoms with Gasteiger partial charge < -0.3 is 4.90 Å². The maximum absolute atomic E-state index is 12.4. The van der Waals surface area contributed by atoms with Crippen LogP contribution in [0, 0.1) is 0 Å². The summed E-state index contributed by atoms with van der Waals surface area (Å²) in [5, 5.41) is 4.53. The van der Waals surface area contributed by atoms with Crippen LogP contribution in [0.25, 0.3) is 0 Å². The molecule has 0 saturated carbocycles. The summed E-state index contributed by atoms with van der Waals surface area (Å²) in [6.07, 6.45) is 4.68. The number of halogens is 1. The third kappa shape index (κ3) is 3.19. The van der Waals surface area contributed by atoms with E-state index in [1.807, 2.05) is 19.0 Å². The fraction of sp³-hybridized carbons (Fsp3) is 0.308. The Kier molecular flexibility index (Phi) is 4.29. The zero-order chi connectivity index (χ0) is 13.8. The van der Waals surface area contributed by atoms with Gasteiger partial charge in [0.1, 0.15) is 5.69 Å². The Labute approximate surface area is 116 Å². The molecule has 0 unspecified atom stereocenters. The number of aromatic nitrogens is 3. The monoisotopic (exact) mass is 278 g/mol. The number of nitrogens with zero attached hydrogens (tertiary/aromatic N) is 4. The molecule has 0 fully saturated rings. The van der Waals surface area contributed by atoms with Crippen LogP contribution in [0.15, 0.2) is 30.7 Å². The number of pyridine rings is 1. The zero-order valence-electron chi connectivity index (χ0n) is 10.9. The van der Waals surface area contributed by atoms with Crippen LogP contribution in [0.2, 0.25) is 5.02 Å². The van der Waals surface area contributed by atoms with Crippen molar-refractivity contribution < 1.29 is 4.79 Å². The average molecular weight is 279 g/mol. The van der Waals surface area contributed by atoms with Gasteiger partial charge in [0.15, 0.2) is 0 Å². The Morgan fingerprint density at radius 3 is 2.68 bits per heavy atom. The van der Waals surface area contributed by atoms with Crippen LogP contribution >= 0.6 is 11.6 Å². The molecule has 0 spiro atoms. The van der Waals surface area contributed by atoms with Crippen molar-refractivity contribution in [3.05, 3.63) is 47.0 Å². The van der Waals surface area contributed by atoms with E-state index in [0.29, 0.717) is 22.8 Å². The van der Waals surface area contributed by atoms with Crippen LogP contribution in [-0.4, -0.2) is 46.1 Å². The Hall–Kier alpha value is -1.72. The molecule has 2 rings (SSSR count). The molecule has 19 heavy (non-hydrogen) atoms. The molecule has 0 aliphatic rings. The summed E-state index contributed by atoms with van der Waals surface area (Å²) in [5.41, 5.74) is 0.984. The molecule has 2 heterocycles. The molecule has 2 aromatic rings. The lowest BCUT2D eigenvalue weighted by atomic mass is 10.1. The Balaban J connectivity index is 2.29. The van der Waals surface area contributed by atoms with E-state index < -0.39 is 0 Å². The van der Waals surface area contributed by atoms with Crippen LogP contribution in [-0.2, 0) is 6.54 Å². The second kappa shape index (κ2) is 5.95. The van der Waals surface area contributed by atoms with Gasteiger partial charge >= 0.3 is 0 Å². The molecule has 5 nitrogen and oxygen atoms in total. The molecule has 100 valence electrons. The second-order valence-electron chi connectivity index (χ2n) is 4.43. The highest BCUT2D eigenvalue weighted by atomic mass is 35.5. The van der Waals surface area contributed by atoms with Gasteiger partial charge in [-0.15, -0.1) is 0 Å². The van der Waals surface area contributed by atoms with Gasteiger partial charge in [-0.25, -0.2) is 0 Å². The molecule has 0 amide bonds. The van der Waals surface area contributed by atoms with Gasteiger partial charge in [-0.3, -0.25) is 14.5 Å². The molecule has 0 aliphatic carbocycles. The van der Waals surface area contributed by atoms with Gasteiger partial charge in [0, 0.05) is 24.5 Å². The van der Waals surface area contributed by atoms with E-state index in [4.69, 9.17) is 11.6 Å². The lowest BCUT2D eigenvalue weighted by Gasteiger charge is -2.11. The Bertz CT molecular complexity index is 565. The Morgan fingerprint density at radius 1 is 1.37 bits per heavy atom. The third-order valence-corrected chi connectivity index (χ3v) is 2.99. The minimum absolute atomic E-state index is 0.136. The van der Waals surface area contributed by atoms with Gasteiger partial charge in [0.25, 0.3) is 0 Å². The minimum atomic E-state index is -0.136. The van der Waals surface area contributed by atoms with Crippen molar-refractivity contribution in [2.24, 2.45) is 0 Å². The van der Waals surface area contributed by atoms with E-state index in [2.05, 4.69) is 10.1 Å². The summed E-state index contributed by atoms with van der Waals surface area (Å²) < 4.78 is 1.64. The van der Waals surface area contributed by atoms with E-state index in [0.717, 1.165) is 6.54 Å². The number of carbonyl (C=O) groups is 1. The summed E-state index contributed by atoms with van der Waals surface area (Å²) >= 11 is 6.07. The van der Waals surface area contributed by atoms with Crippen LogP contribution in [0.1, 0.15) is 16.1 Å². The smallest absolute Gasteiger partial charge is 0.212 e. The number of ketones is 1. The summed E-state index contributed by atoms with van der Waals surface area (Å²) in [4.78, 5) is 18.3. The second-order valence-corrected chi connectivity index (χ2v) is 4.84. The van der Waals surface area contributed by atoms with Crippen LogP contribution in [0.3, 0.4) is 0 Å². The average Bonchev–Trinajstić information content (AvgIpc) is 2.78. The van der Waals surface area contributed by atoms with E-state index in [9.17, 15) is 4.79 Å². The maximum Gasteiger partial charge on any atom is 0.212 e. The molecular formula is C13H15ClN4O. The molecule has 0 aliphatic heterocycles. The van der Waals surface area contributed by atoms with E-state index in [1.165, 1.54) is 6.20 Å². The standard InChI is InChI=1S/C13H15ClN4O/c1-17(2)7-8-18-12(11(14)9-16-18)13(19)10-3-5-15-6-4-10/h3-6,9H,7-8H2,1-2H3. The van der Waals surface area contributed by atoms with Crippen molar-refractivity contribution in [2.75, 3.05) is 20.6 Å². The number of likely N-dealkylation sites (N-methyl/N-ethyl adjacent to an activating group) is 1. The third-order valence-electron chi connectivity index (χ3n) is 2.71. The largest absolute Gasteiger partial charge is 0.308 e. The van der Waals surface area contributed by atoms with Gasteiger partial charge in [0.2, 0.25) is 5.78 Å². The predicted octanol–water partition coefficient (Wildman–Crippen LogP) is 1.72. The lowest BCUT2D eigenvalue weighted by molar-refractivity contribution is 0.102. The number of rotatable bonds is 5. The molecule has 0 atom stereocenters. The summed E-state index contributed by atoms with van der Waals surface area (Å²) in [6, 6.07) is 3.34. The quantitative estimate of drug-likeness (QED) is 0.782. The normalized spacial score (nSPS) is 10.9. The zero-order valence-corrected chi connectivity index (χ0v) is 11.6. The molecular weight excluding hydrogens is 264 g/mol. The molecule has 0 N–H and O–H groups in total. The Morgan fingerprint density at radius 2 is 2.05 bits per heavy atom. The fourth-order valence-electron chi connectivity index (χ4n) is 1.69. The maximum atomic E-state index is 12.4. The summed E-state index contributed by atoms with van der Waals surface area (Å²) in [6.45, 7) is 1.40. The van der Waals surface area contributed by atoms with Crippen molar-refractivity contribution in [2.45, 2.75) is 6.54 Å². The van der Waals surface area contributed by atoms with Gasteiger partial charge in [-0.05, 0) is 26.2 Å². The molecule has 6 heteroatoms. The van der Waals surface area contributed by atoms with Crippen molar-refractivity contribution in [3.63, 3.8) is 0 Å². The molecule has 0 saturated heterocycles. The highest BCUT2D eigenvalue weighted by Crippen LogP contribution is 2.19. The lowest BCUT2D eigenvalue weighted by Crippen LogP contribution is -2.21. The highest BCUT2D eigenvalue weighted by Gasteiger charge is 2.18.